The summed E-state index contributed by atoms with van der Waals surface area (Å²) >= 11 is 0. The Morgan fingerprint density at radius 1 is 1.50 bits per heavy atom. The number of hydrogen-bond donors (Lipinski definition) is 1. The van der Waals surface area contributed by atoms with Gasteiger partial charge in [-0.1, -0.05) is 0 Å². The van der Waals surface area contributed by atoms with Gasteiger partial charge in [-0.3, -0.25) is 0 Å². The van der Waals surface area contributed by atoms with E-state index in [0.29, 0.717) is 6.61 Å². The molecule has 0 fully saturated rings. The maximum Gasteiger partial charge on any atom is 0.0994 e. The molecule has 0 saturated carbocycles. The van der Waals surface area contributed by atoms with E-state index in [-0.39, 0.29) is 6.04 Å². The van der Waals surface area contributed by atoms with Crippen LogP contribution in [0.1, 0.15) is 25.0 Å². The lowest BCUT2D eigenvalue weighted by Crippen LogP contribution is -2.21. The number of hydrogen-bond acceptors (Lipinski definition) is 3. The molecule has 1 aromatic carbocycles. The van der Waals surface area contributed by atoms with Crippen LogP contribution in [-0.2, 0) is 4.74 Å². The van der Waals surface area contributed by atoms with Gasteiger partial charge in [0.05, 0.1) is 18.2 Å². The molecule has 0 aliphatic rings. The summed E-state index contributed by atoms with van der Waals surface area (Å²) in [7, 11) is 0. The van der Waals surface area contributed by atoms with Crippen molar-refractivity contribution in [2.45, 2.75) is 26.8 Å². The summed E-state index contributed by atoms with van der Waals surface area (Å²) in [5.74, 6) is 0. The first-order valence-corrected chi connectivity index (χ1v) is 5.52. The second-order valence-corrected chi connectivity index (χ2v) is 3.85. The van der Waals surface area contributed by atoms with Crippen LogP contribution in [-0.4, -0.2) is 19.3 Å². The number of nitrogens with one attached hydrogen (secondary N) is 1. The van der Waals surface area contributed by atoms with Crippen LogP contribution >= 0.6 is 0 Å². The Labute approximate surface area is 97.0 Å². The Morgan fingerprint density at radius 3 is 2.81 bits per heavy atom. The van der Waals surface area contributed by atoms with Crippen molar-refractivity contribution in [1.29, 1.82) is 5.26 Å². The lowest BCUT2D eigenvalue weighted by molar-refractivity contribution is 0.141. The summed E-state index contributed by atoms with van der Waals surface area (Å²) in [6.07, 6.45) is 0. The van der Waals surface area contributed by atoms with Gasteiger partial charge >= 0.3 is 0 Å². The number of nitrogens with zero attached hydrogens (tertiary/aromatic N) is 1. The minimum atomic E-state index is 0.271. The Hall–Kier alpha value is -1.53. The van der Waals surface area contributed by atoms with Crippen molar-refractivity contribution in [2.75, 3.05) is 18.5 Å². The van der Waals surface area contributed by atoms with Crippen molar-refractivity contribution in [3.8, 4) is 6.07 Å². The number of benzene rings is 1. The summed E-state index contributed by atoms with van der Waals surface area (Å²) in [5.41, 5.74) is 2.75. The third kappa shape index (κ3) is 3.56. The number of ether oxygens (including phenoxy) is 1. The van der Waals surface area contributed by atoms with E-state index < -0.39 is 0 Å². The zero-order valence-corrected chi connectivity index (χ0v) is 10.1. The number of rotatable bonds is 5. The number of anilines is 1. The highest BCUT2D eigenvalue weighted by Gasteiger charge is 2.03. The molecule has 86 valence electrons. The first-order chi connectivity index (χ1) is 7.67. The molecule has 1 atom stereocenters. The van der Waals surface area contributed by atoms with Crippen molar-refractivity contribution in [1.82, 2.24) is 0 Å². The molecule has 0 bridgehead atoms. The molecule has 0 aliphatic heterocycles. The fourth-order valence-corrected chi connectivity index (χ4v) is 1.50. The fourth-order valence-electron chi connectivity index (χ4n) is 1.50. The summed E-state index contributed by atoms with van der Waals surface area (Å²) in [4.78, 5) is 0. The molecule has 0 radical (unpaired) electrons. The van der Waals surface area contributed by atoms with Crippen LogP contribution in [0, 0.1) is 18.3 Å². The van der Waals surface area contributed by atoms with Gasteiger partial charge in [-0.2, -0.15) is 5.26 Å². The van der Waals surface area contributed by atoms with Crippen LogP contribution in [0.2, 0.25) is 0 Å². The predicted molar refractivity (Wildman–Crippen MR) is 65.5 cm³/mol. The highest BCUT2D eigenvalue weighted by Crippen LogP contribution is 2.15. The van der Waals surface area contributed by atoms with Crippen molar-refractivity contribution >= 4 is 5.69 Å². The molecule has 0 amide bonds. The molecular formula is C13H18N2O. The van der Waals surface area contributed by atoms with E-state index in [0.717, 1.165) is 23.4 Å². The van der Waals surface area contributed by atoms with Crippen molar-refractivity contribution < 1.29 is 4.74 Å². The molecule has 3 heteroatoms. The van der Waals surface area contributed by atoms with E-state index in [1.165, 1.54) is 0 Å². The van der Waals surface area contributed by atoms with Gasteiger partial charge in [-0.05, 0) is 44.5 Å². The van der Waals surface area contributed by atoms with Gasteiger partial charge in [0, 0.05) is 18.3 Å². The van der Waals surface area contributed by atoms with E-state index >= 15 is 0 Å². The molecule has 1 aromatic rings. The molecule has 16 heavy (non-hydrogen) atoms. The summed E-state index contributed by atoms with van der Waals surface area (Å²) in [5, 5.41) is 12.2. The van der Waals surface area contributed by atoms with E-state index in [1.54, 1.807) is 0 Å². The average Bonchev–Trinajstić information content (AvgIpc) is 2.26. The molecule has 0 heterocycles. The van der Waals surface area contributed by atoms with Gasteiger partial charge in [-0.25, -0.2) is 0 Å². The van der Waals surface area contributed by atoms with Gasteiger partial charge in [0.15, 0.2) is 0 Å². The van der Waals surface area contributed by atoms with Gasteiger partial charge in [0.25, 0.3) is 0 Å². The smallest absolute Gasteiger partial charge is 0.0994 e. The Bertz CT molecular complexity index is 382. The van der Waals surface area contributed by atoms with Crippen LogP contribution < -0.4 is 5.32 Å². The lowest BCUT2D eigenvalue weighted by atomic mass is 10.1. The molecule has 1 N–H and O–H groups in total. The van der Waals surface area contributed by atoms with E-state index in [1.807, 2.05) is 32.0 Å². The molecule has 0 aromatic heterocycles. The molecule has 1 rings (SSSR count). The Balaban J connectivity index is 2.61. The second-order valence-electron chi connectivity index (χ2n) is 3.85. The molecule has 3 nitrogen and oxygen atoms in total. The van der Waals surface area contributed by atoms with E-state index in [2.05, 4.69) is 18.3 Å². The molecule has 0 saturated heterocycles. The Kier molecular flexibility index (Phi) is 4.81. The first kappa shape index (κ1) is 12.5. The zero-order chi connectivity index (χ0) is 12.0. The van der Waals surface area contributed by atoms with Gasteiger partial charge < -0.3 is 10.1 Å². The third-order valence-corrected chi connectivity index (χ3v) is 2.33. The largest absolute Gasteiger partial charge is 0.380 e. The standard InChI is InChI=1S/C13H18N2O/c1-4-16-9-11(3)15-13-6-5-12(8-14)10(2)7-13/h5-7,11,15H,4,9H2,1-3H3. The van der Waals surface area contributed by atoms with Crippen molar-refractivity contribution in [2.24, 2.45) is 0 Å². The predicted octanol–water partition coefficient (Wildman–Crippen LogP) is 2.70. The van der Waals surface area contributed by atoms with Crippen LogP contribution in [0.15, 0.2) is 18.2 Å². The highest BCUT2D eigenvalue weighted by atomic mass is 16.5. The summed E-state index contributed by atoms with van der Waals surface area (Å²) < 4.78 is 5.33. The minimum absolute atomic E-state index is 0.271. The molecular weight excluding hydrogens is 200 g/mol. The SMILES string of the molecule is CCOCC(C)Nc1ccc(C#N)c(C)c1. The van der Waals surface area contributed by atoms with E-state index in [9.17, 15) is 0 Å². The number of aryl methyl sites for hydroxylation is 1. The molecule has 0 spiro atoms. The molecule has 1 unspecified atom stereocenters. The fraction of sp³-hybridized carbons (Fsp3) is 0.462. The molecule has 0 aliphatic carbocycles. The highest BCUT2D eigenvalue weighted by molar-refractivity contribution is 5.52. The van der Waals surface area contributed by atoms with Crippen molar-refractivity contribution in [3.63, 3.8) is 0 Å². The second kappa shape index (κ2) is 6.14. The van der Waals surface area contributed by atoms with Crippen LogP contribution in [0.3, 0.4) is 0 Å². The average molecular weight is 218 g/mol. The lowest BCUT2D eigenvalue weighted by Gasteiger charge is -2.15. The maximum absolute atomic E-state index is 8.82. The third-order valence-electron chi connectivity index (χ3n) is 2.33. The minimum Gasteiger partial charge on any atom is -0.380 e. The zero-order valence-electron chi connectivity index (χ0n) is 10.1. The normalized spacial score (nSPS) is 11.9. The van der Waals surface area contributed by atoms with Crippen LogP contribution in [0.25, 0.3) is 0 Å². The Morgan fingerprint density at radius 2 is 2.25 bits per heavy atom. The number of nitriles is 1. The van der Waals surface area contributed by atoms with Crippen molar-refractivity contribution in [3.05, 3.63) is 29.3 Å². The summed E-state index contributed by atoms with van der Waals surface area (Å²) in [6, 6.07) is 8.18. The van der Waals surface area contributed by atoms with E-state index in [4.69, 9.17) is 10.00 Å². The maximum atomic E-state index is 8.82. The monoisotopic (exact) mass is 218 g/mol. The van der Waals surface area contributed by atoms with Crippen LogP contribution in [0.5, 0.6) is 0 Å². The van der Waals surface area contributed by atoms with Gasteiger partial charge in [-0.15, -0.1) is 0 Å². The van der Waals surface area contributed by atoms with Gasteiger partial charge in [0.2, 0.25) is 0 Å². The summed E-state index contributed by atoms with van der Waals surface area (Å²) in [6.45, 7) is 7.42. The topological polar surface area (TPSA) is 45.0 Å². The van der Waals surface area contributed by atoms with Crippen LogP contribution in [0.4, 0.5) is 5.69 Å². The quantitative estimate of drug-likeness (QED) is 0.826. The van der Waals surface area contributed by atoms with Gasteiger partial charge in [0.1, 0.15) is 0 Å². The first-order valence-electron chi connectivity index (χ1n) is 5.52.